The van der Waals surface area contributed by atoms with Crippen LogP contribution in [0.3, 0.4) is 0 Å². The smallest absolute Gasteiger partial charge is 0.181 e. The Hall–Kier alpha value is -4.39. The first kappa shape index (κ1) is 19.3. The van der Waals surface area contributed by atoms with Gasteiger partial charge >= 0.3 is 0 Å². The van der Waals surface area contributed by atoms with Gasteiger partial charge in [0, 0.05) is 35.9 Å². The second kappa shape index (κ2) is 7.63. The van der Waals surface area contributed by atoms with Crippen molar-refractivity contribution in [3.05, 3.63) is 78.5 Å². The summed E-state index contributed by atoms with van der Waals surface area (Å²) in [6.07, 6.45) is 10.0. The summed E-state index contributed by atoms with van der Waals surface area (Å²) < 4.78 is 0. The number of pyridine rings is 3. The number of imidazole rings is 1. The molecule has 0 amide bonds. The molecule has 6 rings (SSSR count). The van der Waals surface area contributed by atoms with Crippen molar-refractivity contribution in [3.8, 4) is 33.8 Å². The summed E-state index contributed by atoms with van der Waals surface area (Å²) in [6.45, 7) is 4.29. The van der Waals surface area contributed by atoms with E-state index in [9.17, 15) is 0 Å². The summed E-state index contributed by atoms with van der Waals surface area (Å²) in [5.74, 6) is 0.703. The summed E-state index contributed by atoms with van der Waals surface area (Å²) in [4.78, 5) is 21.4. The van der Waals surface area contributed by atoms with Crippen LogP contribution in [0.25, 0.3) is 55.8 Å². The molecule has 0 atom stereocenters. The molecule has 5 heterocycles. The standard InChI is InChI=1S/C26H21N7/c1-3-16-5-4-15(2)19(10-16)18-11-20-24(32-33-25(20)29-12-18)26-30-22-14-28-13-21(23(22)31-26)17-6-8-27-9-7-17/h4-14H,3H2,1-2H3,(H,30,31)(H,29,32,33). The number of hydrogen-bond acceptors (Lipinski definition) is 5. The van der Waals surface area contributed by atoms with Gasteiger partial charge in [-0.1, -0.05) is 25.1 Å². The number of rotatable bonds is 4. The molecular weight excluding hydrogens is 410 g/mol. The zero-order chi connectivity index (χ0) is 22.4. The highest BCUT2D eigenvalue weighted by atomic mass is 15.2. The lowest BCUT2D eigenvalue weighted by Gasteiger charge is -2.08. The summed E-state index contributed by atoms with van der Waals surface area (Å²) >= 11 is 0. The van der Waals surface area contributed by atoms with Crippen LogP contribution < -0.4 is 0 Å². The van der Waals surface area contributed by atoms with Gasteiger partial charge in [0.1, 0.15) is 5.69 Å². The van der Waals surface area contributed by atoms with Crippen LogP contribution in [0.2, 0.25) is 0 Å². The molecule has 7 nitrogen and oxygen atoms in total. The highest BCUT2D eigenvalue weighted by Gasteiger charge is 2.16. The lowest BCUT2D eigenvalue weighted by Crippen LogP contribution is -1.89. The fourth-order valence-electron chi connectivity index (χ4n) is 4.22. The Morgan fingerprint density at radius 3 is 2.61 bits per heavy atom. The lowest BCUT2D eigenvalue weighted by atomic mass is 9.98. The van der Waals surface area contributed by atoms with Gasteiger partial charge in [0.15, 0.2) is 11.5 Å². The minimum absolute atomic E-state index is 0.658. The molecule has 5 aromatic heterocycles. The maximum absolute atomic E-state index is 4.91. The van der Waals surface area contributed by atoms with E-state index in [0.717, 1.165) is 45.2 Å². The zero-order valence-electron chi connectivity index (χ0n) is 18.3. The maximum Gasteiger partial charge on any atom is 0.181 e. The Bertz CT molecular complexity index is 1610. The SMILES string of the molecule is CCc1ccc(C)c(-c2cnc3n[nH]c(-c4nc5c(-c6ccncc6)cncc5[nH]4)c3c2)c1. The van der Waals surface area contributed by atoms with Crippen molar-refractivity contribution < 1.29 is 0 Å². The third kappa shape index (κ3) is 3.25. The summed E-state index contributed by atoms with van der Waals surface area (Å²) in [5, 5.41) is 8.47. The fraction of sp³-hybridized carbons (Fsp3) is 0.115. The Kier molecular flexibility index (Phi) is 4.47. The normalized spacial score (nSPS) is 11.5. The molecule has 2 N–H and O–H groups in total. The van der Waals surface area contributed by atoms with Crippen molar-refractivity contribution in [2.45, 2.75) is 20.3 Å². The van der Waals surface area contributed by atoms with Crippen molar-refractivity contribution in [2.75, 3.05) is 0 Å². The summed E-state index contributed by atoms with van der Waals surface area (Å²) in [7, 11) is 0. The number of hydrogen-bond donors (Lipinski definition) is 2. The first-order valence-corrected chi connectivity index (χ1v) is 10.9. The molecule has 0 bridgehead atoms. The predicted molar refractivity (Wildman–Crippen MR) is 130 cm³/mol. The number of aromatic amines is 2. The van der Waals surface area contributed by atoms with Gasteiger partial charge in [0.25, 0.3) is 0 Å². The topological polar surface area (TPSA) is 96.0 Å². The van der Waals surface area contributed by atoms with E-state index in [1.807, 2.05) is 24.5 Å². The minimum atomic E-state index is 0.658. The second-order valence-corrected chi connectivity index (χ2v) is 8.10. The van der Waals surface area contributed by atoms with E-state index in [1.165, 1.54) is 16.7 Å². The van der Waals surface area contributed by atoms with Gasteiger partial charge in [-0.15, -0.1) is 0 Å². The number of aryl methyl sites for hydroxylation is 2. The molecule has 33 heavy (non-hydrogen) atoms. The van der Waals surface area contributed by atoms with Crippen molar-refractivity contribution in [3.63, 3.8) is 0 Å². The van der Waals surface area contributed by atoms with E-state index in [2.05, 4.69) is 68.2 Å². The van der Waals surface area contributed by atoms with E-state index in [4.69, 9.17) is 4.98 Å². The van der Waals surface area contributed by atoms with Gasteiger partial charge < -0.3 is 4.98 Å². The molecule has 6 aromatic rings. The van der Waals surface area contributed by atoms with Crippen molar-refractivity contribution in [2.24, 2.45) is 0 Å². The number of nitrogens with zero attached hydrogens (tertiary/aromatic N) is 5. The third-order valence-electron chi connectivity index (χ3n) is 6.05. The van der Waals surface area contributed by atoms with Crippen molar-refractivity contribution in [1.29, 1.82) is 0 Å². The molecule has 0 radical (unpaired) electrons. The average Bonchev–Trinajstić information content (AvgIpc) is 3.48. The van der Waals surface area contributed by atoms with Crippen LogP contribution in [0.1, 0.15) is 18.1 Å². The van der Waals surface area contributed by atoms with Crippen LogP contribution in [-0.2, 0) is 6.42 Å². The molecule has 1 aromatic carbocycles. The molecule has 7 heteroatoms. The van der Waals surface area contributed by atoms with Gasteiger partial charge in [-0.2, -0.15) is 5.10 Å². The zero-order valence-corrected chi connectivity index (χ0v) is 18.3. The van der Waals surface area contributed by atoms with Crippen LogP contribution in [0.15, 0.2) is 67.4 Å². The van der Waals surface area contributed by atoms with Crippen molar-refractivity contribution in [1.82, 2.24) is 35.1 Å². The Balaban J connectivity index is 1.51. The van der Waals surface area contributed by atoms with Crippen LogP contribution in [0, 0.1) is 6.92 Å². The largest absolute Gasteiger partial charge is 0.335 e. The van der Waals surface area contributed by atoms with Crippen LogP contribution in [-0.4, -0.2) is 35.1 Å². The predicted octanol–water partition coefficient (Wildman–Crippen LogP) is 5.50. The Labute approximate surface area is 190 Å². The molecule has 0 fully saturated rings. The molecule has 0 unspecified atom stereocenters. The van der Waals surface area contributed by atoms with Crippen molar-refractivity contribution >= 4 is 22.1 Å². The lowest BCUT2D eigenvalue weighted by molar-refractivity contribution is 1.09. The van der Waals surface area contributed by atoms with E-state index >= 15 is 0 Å². The van der Waals surface area contributed by atoms with Gasteiger partial charge in [-0.25, -0.2) is 9.97 Å². The van der Waals surface area contributed by atoms with Crippen LogP contribution in [0.5, 0.6) is 0 Å². The third-order valence-corrected chi connectivity index (χ3v) is 6.05. The molecule has 0 saturated carbocycles. The molecule has 160 valence electrons. The van der Waals surface area contributed by atoms with E-state index in [-0.39, 0.29) is 0 Å². The van der Waals surface area contributed by atoms with E-state index < -0.39 is 0 Å². The van der Waals surface area contributed by atoms with Gasteiger partial charge in [-0.3, -0.25) is 15.1 Å². The molecule has 0 aliphatic heterocycles. The Morgan fingerprint density at radius 1 is 0.879 bits per heavy atom. The highest BCUT2D eigenvalue weighted by Crippen LogP contribution is 2.32. The molecule has 0 saturated heterocycles. The highest BCUT2D eigenvalue weighted by molar-refractivity contribution is 5.96. The number of fused-ring (bicyclic) bond motifs is 2. The number of H-pyrrole nitrogens is 2. The van der Waals surface area contributed by atoms with Gasteiger partial charge in [0.05, 0.1) is 22.6 Å². The number of aromatic nitrogens is 7. The molecular formula is C26H21N7. The summed E-state index contributed by atoms with van der Waals surface area (Å²) in [6, 6.07) is 12.6. The molecule has 0 aliphatic carbocycles. The van der Waals surface area contributed by atoms with Gasteiger partial charge in [0.2, 0.25) is 0 Å². The molecule has 0 spiro atoms. The first-order chi connectivity index (χ1) is 16.2. The van der Waals surface area contributed by atoms with E-state index in [1.54, 1.807) is 18.6 Å². The average molecular weight is 432 g/mol. The quantitative estimate of drug-likeness (QED) is 0.384. The first-order valence-electron chi connectivity index (χ1n) is 10.9. The number of nitrogens with one attached hydrogen (secondary N) is 2. The second-order valence-electron chi connectivity index (χ2n) is 8.10. The van der Waals surface area contributed by atoms with E-state index in [0.29, 0.717) is 11.5 Å². The van der Waals surface area contributed by atoms with Gasteiger partial charge in [-0.05, 0) is 53.8 Å². The minimum Gasteiger partial charge on any atom is -0.335 e. The number of benzene rings is 1. The molecule has 0 aliphatic rings. The van der Waals surface area contributed by atoms with Crippen LogP contribution in [0.4, 0.5) is 0 Å². The monoisotopic (exact) mass is 431 g/mol. The maximum atomic E-state index is 4.91. The van der Waals surface area contributed by atoms with Crippen LogP contribution >= 0.6 is 0 Å². The fourth-order valence-corrected chi connectivity index (χ4v) is 4.22. The summed E-state index contributed by atoms with van der Waals surface area (Å²) in [5.41, 5.74) is 9.91. The Morgan fingerprint density at radius 2 is 1.76 bits per heavy atom.